The van der Waals surface area contributed by atoms with Gasteiger partial charge in [-0.05, 0) is 43.9 Å². The zero-order valence-corrected chi connectivity index (χ0v) is 9.69. The highest BCUT2D eigenvalue weighted by Crippen LogP contribution is 2.13. The van der Waals surface area contributed by atoms with Crippen LogP contribution in [0.3, 0.4) is 0 Å². The standard InChI is InChI=1S/C14H19NO/c1-11(15-13-4-2-3-5-13)10-12-6-8-14(16)9-7-12/h2-3,6-9,11,13,15-16H,4-5,10H2,1H3. The second kappa shape index (κ2) is 5.17. The van der Waals surface area contributed by atoms with E-state index in [4.69, 9.17) is 0 Å². The molecule has 0 saturated heterocycles. The Morgan fingerprint density at radius 3 is 2.50 bits per heavy atom. The highest BCUT2D eigenvalue weighted by molar-refractivity contribution is 5.26. The van der Waals surface area contributed by atoms with E-state index in [-0.39, 0.29) is 0 Å². The van der Waals surface area contributed by atoms with Crippen molar-refractivity contribution >= 4 is 0 Å². The van der Waals surface area contributed by atoms with Gasteiger partial charge in [0.1, 0.15) is 5.75 Å². The Morgan fingerprint density at radius 2 is 1.88 bits per heavy atom. The van der Waals surface area contributed by atoms with Gasteiger partial charge in [0.25, 0.3) is 0 Å². The van der Waals surface area contributed by atoms with Crippen LogP contribution in [-0.4, -0.2) is 17.2 Å². The Morgan fingerprint density at radius 1 is 1.25 bits per heavy atom. The molecule has 2 nitrogen and oxygen atoms in total. The molecular weight excluding hydrogens is 198 g/mol. The van der Waals surface area contributed by atoms with Gasteiger partial charge >= 0.3 is 0 Å². The molecule has 0 spiro atoms. The first-order valence-electron chi connectivity index (χ1n) is 5.93. The lowest BCUT2D eigenvalue weighted by Crippen LogP contribution is -2.36. The molecule has 1 atom stereocenters. The molecule has 1 aromatic rings. The molecule has 0 heterocycles. The Balaban J connectivity index is 1.82. The van der Waals surface area contributed by atoms with E-state index in [1.165, 1.54) is 5.56 Å². The van der Waals surface area contributed by atoms with E-state index < -0.39 is 0 Å². The molecule has 0 amide bonds. The van der Waals surface area contributed by atoms with Gasteiger partial charge in [0.05, 0.1) is 0 Å². The van der Waals surface area contributed by atoms with Crippen LogP contribution in [0.15, 0.2) is 36.4 Å². The van der Waals surface area contributed by atoms with Crippen LogP contribution in [0.5, 0.6) is 5.75 Å². The molecular formula is C14H19NO. The first-order chi connectivity index (χ1) is 7.74. The van der Waals surface area contributed by atoms with E-state index in [0.717, 1.165) is 19.3 Å². The SMILES string of the molecule is CC(Cc1ccc(O)cc1)NC1CC=CC1. The van der Waals surface area contributed by atoms with Crippen LogP contribution >= 0.6 is 0 Å². The number of phenols is 1. The summed E-state index contributed by atoms with van der Waals surface area (Å²) in [5, 5.41) is 12.8. The van der Waals surface area contributed by atoms with E-state index in [1.807, 2.05) is 12.1 Å². The summed E-state index contributed by atoms with van der Waals surface area (Å²) in [5.74, 6) is 0.337. The maximum absolute atomic E-state index is 9.20. The molecule has 1 unspecified atom stereocenters. The van der Waals surface area contributed by atoms with Crippen LogP contribution in [0.25, 0.3) is 0 Å². The van der Waals surface area contributed by atoms with Crippen LogP contribution in [-0.2, 0) is 6.42 Å². The molecule has 0 bridgehead atoms. The first kappa shape index (κ1) is 11.2. The van der Waals surface area contributed by atoms with Gasteiger partial charge in [-0.25, -0.2) is 0 Å². The van der Waals surface area contributed by atoms with Gasteiger partial charge < -0.3 is 10.4 Å². The second-order valence-corrected chi connectivity index (χ2v) is 4.58. The fraction of sp³-hybridized carbons (Fsp3) is 0.429. The molecule has 0 fully saturated rings. The minimum atomic E-state index is 0.337. The Bertz CT molecular complexity index is 348. The molecule has 86 valence electrons. The third kappa shape index (κ3) is 3.11. The molecule has 2 rings (SSSR count). The Hall–Kier alpha value is -1.28. The maximum atomic E-state index is 9.20. The van der Waals surface area contributed by atoms with Crippen molar-refractivity contribution < 1.29 is 5.11 Å². The van der Waals surface area contributed by atoms with Crippen molar-refractivity contribution in [2.45, 2.75) is 38.3 Å². The molecule has 2 heteroatoms. The molecule has 1 aliphatic carbocycles. The third-order valence-corrected chi connectivity index (χ3v) is 3.01. The lowest BCUT2D eigenvalue weighted by molar-refractivity contribution is 0.456. The number of phenolic OH excluding ortho intramolecular Hbond substituents is 1. The summed E-state index contributed by atoms with van der Waals surface area (Å²) < 4.78 is 0. The number of benzene rings is 1. The number of rotatable bonds is 4. The predicted molar refractivity (Wildman–Crippen MR) is 66.6 cm³/mol. The fourth-order valence-corrected chi connectivity index (χ4v) is 2.20. The van der Waals surface area contributed by atoms with Crippen molar-refractivity contribution in [1.82, 2.24) is 5.32 Å². The fourth-order valence-electron chi connectivity index (χ4n) is 2.20. The number of hydrogen-bond acceptors (Lipinski definition) is 2. The van der Waals surface area contributed by atoms with E-state index in [2.05, 4.69) is 24.4 Å². The largest absolute Gasteiger partial charge is 0.508 e. The van der Waals surface area contributed by atoms with Gasteiger partial charge in [0.2, 0.25) is 0 Å². The highest BCUT2D eigenvalue weighted by Gasteiger charge is 2.12. The number of aromatic hydroxyl groups is 1. The summed E-state index contributed by atoms with van der Waals surface area (Å²) in [6, 6.07) is 8.57. The highest BCUT2D eigenvalue weighted by atomic mass is 16.3. The van der Waals surface area contributed by atoms with Crippen LogP contribution in [0.2, 0.25) is 0 Å². The molecule has 1 aliphatic rings. The van der Waals surface area contributed by atoms with Gasteiger partial charge in [0.15, 0.2) is 0 Å². The monoisotopic (exact) mass is 217 g/mol. The van der Waals surface area contributed by atoms with E-state index >= 15 is 0 Å². The van der Waals surface area contributed by atoms with Crippen LogP contribution in [0, 0.1) is 0 Å². The van der Waals surface area contributed by atoms with E-state index in [9.17, 15) is 5.11 Å². The molecule has 16 heavy (non-hydrogen) atoms. The molecule has 0 aromatic heterocycles. The average Bonchev–Trinajstić information content (AvgIpc) is 2.74. The minimum absolute atomic E-state index is 0.337. The lowest BCUT2D eigenvalue weighted by Gasteiger charge is -2.19. The normalized spacial score (nSPS) is 17.8. The minimum Gasteiger partial charge on any atom is -0.508 e. The lowest BCUT2D eigenvalue weighted by atomic mass is 10.1. The van der Waals surface area contributed by atoms with Crippen molar-refractivity contribution in [3.05, 3.63) is 42.0 Å². The molecule has 0 radical (unpaired) electrons. The van der Waals surface area contributed by atoms with E-state index in [1.54, 1.807) is 12.1 Å². The van der Waals surface area contributed by atoms with Gasteiger partial charge in [-0.1, -0.05) is 24.3 Å². The van der Waals surface area contributed by atoms with Crippen molar-refractivity contribution in [2.75, 3.05) is 0 Å². The molecule has 0 saturated carbocycles. The zero-order chi connectivity index (χ0) is 11.4. The molecule has 0 aliphatic heterocycles. The predicted octanol–water partition coefficient (Wildman–Crippen LogP) is 2.63. The number of hydrogen-bond donors (Lipinski definition) is 2. The Kier molecular flexibility index (Phi) is 3.62. The van der Waals surface area contributed by atoms with Crippen molar-refractivity contribution in [1.29, 1.82) is 0 Å². The summed E-state index contributed by atoms with van der Waals surface area (Å²) >= 11 is 0. The molecule has 2 N–H and O–H groups in total. The first-order valence-corrected chi connectivity index (χ1v) is 5.93. The summed E-state index contributed by atoms with van der Waals surface area (Å²) in [5.41, 5.74) is 1.27. The summed E-state index contributed by atoms with van der Waals surface area (Å²) in [7, 11) is 0. The van der Waals surface area contributed by atoms with Crippen molar-refractivity contribution in [3.8, 4) is 5.75 Å². The smallest absolute Gasteiger partial charge is 0.115 e. The maximum Gasteiger partial charge on any atom is 0.115 e. The van der Waals surface area contributed by atoms with Crippen LogP contribution in [0.1, 0.15) is 25.3 Å². The average molecular weight is 217 g/mol. The van der Waals surface area contributed by atoms with Crippen LogP contribution in [0.4, 0.5) is 0 Å². The quantitative estimate of drug-likeness (QED) is 0.760. The summed E-state index contributed by atoms with van der Waals surface area (Å²) in [6.07, 6.45) is 7.80. The van der Waals surface area contributed by atoms with Gasteiger partial charge in [-0.3, -0.25) is 0 Å². The van der Waals surface area contributed by atoms with Crippen LogP contribution < -0.4 is 5.32 Å². The third-order valence-electron chi connectivity index (χ3n) is 3.01. The zero-order valence-electron chi connectivity index (χ0n) is 9.69. The molecule has 1 aromatic carbocycles. The summed E-state index contributed by atoms with van der Waals surface area (Å²) in [4.78, 5) is 0. The van der Waals surface area contributed by atoms with E-state index in [0.29, 0.717) is 17.8 Å². The van der Waals surface area contributed by atoms with Gasteiger partial charge in [-0.15, -0.1) is 0 Å². The summed E-state index contributed by atoms with van der Waals surface area (Å²) in [6.45, 7) is 2.21. The van der Waals surface area contributed by atoms with Gasteiger partial charge in [0, 0.05) is 12.1 Å². The topological polar surface area (TPSA) is 32.3 Å². The van der Waals surface area contributed by atoms with Crippen molar-refractivity contribution in [2.24, 2.45) is 0 Å². The Labute approximate surface area is 97.0 Å². The van der Waals surface area contributed by atoms with Gasteiger partial charge in [-0.2, -0.15) is 0 Å². The van der Waals surface area contributed by atoms with Crippen molar-refractivity contribution in [3.63, 3.8) is 0 Å². The number of nitrogens with one attached hydrogen (secondary N) is 1. The second-order valence-electron chi connectivity index (χ2n) is 4.58.